The molecule has 1 N–H and O–H groups in total. The highest BCUT2D eigenvalue weighted by Crippen LogP contribution is 2.41. The van der Waals surface area contributed by atoms with Gasteiger partial charge in [0.1, 0.15) is 0 Å². The van der Waals surface area contributed by atoms with E-state index in [0.717, 1.165) is 13.1 Å². The van der Waals surface area contributed by atoms with Gasteiger partial charge in [-0.3, -0.25) is 0 Å². The summed E-state index contributed by atoms with van der Waals surface area (Å²) in [7, 11) is 0. The van der Waals surface area contributed by atoms with E-state index in [1.807, 2.05) is 17.8 Å². The van der Waals surface area contributed by atoms with E-state index in [9.17, 15) is 0 Å². The van der Waals surface area contributed by atoms with Crippen molar-refractivity contribution in [3.8, 4) is 0 Å². The fourth-order valence-electron chi connectivity index (χ4n) is 1.55. The number of halogens is 1. The minimum absolute atomic E-state index is 0.550. The lowest BCUT2D eigenvalue weighted by molar-refractivity contribution is 0.350. The van der Waals surface area contributed by atoms with Crippen LogP contribution in [0.3, 0.4) is 0 Å². The molecule has 0 radical (unpaired) electrons. The van der Waals surface area contributed by atoms with Crippen LogP contribution >= 0.6 is 23.4 Å². The van der Waals surface area contributed by atoms with Crippen molar-refractivity contribution in [3.05, 3.63) is 12.2 Å². The van der Waals surface area contributed by atoms with Crippen LogP contribution in [0.15, 0.2) is 12.2 Å². The lowest BCUT2D eigenvalue weighted by Crippen LogP contribution is -2.43. The Balaban J connectivity index is 2.07. The van der Waals surface area contributed by atoms with Gasteiger partial charge in [0.25, 0.3) is 0 Å². The van der Waals surface area contributed by atoms with Crippen molar-refractivity contribution in [1.82, 2.24) is 5.32 Å². The largest absolute Gasteiger partial charge is 0.312 e. The van der Waals surface area contributed by atoms with Gasteiger partial charge < -0.3 is 5.32 Å². The van der Waals surface area contributed by atoms with Crippen molar-refractivity contribution >= 4 is 23.4 Å². The van der Waals surface area contributed by atoms with E-state index < -0.39 is 0 Å². The molecule has 1 aliphatic rings. The van der Waals surface area contributed by atoms with Gasteiger partial charge in [-0.2, -0.15) is 11.8 Å². The first kappa shape index (κ1) is 11.4. The molecule has 0 unspecified atom stereocenters. The number of nitrogens with one attached hydrogen (secondary N) is 1. The third-order valence-corrected chi connectivity index (χ3v) is 4.26. The molecule has 1 saturated carbocycles. The molecule has 0 heterocycles. The second kappa shape index (κ2) is 5.94. The van der Waals surface area contributed by atoms with Gasteiger partial charge in [0.2, 0.25) is 0 Å². The summed E-state index contributed by atoms with van der Waals surface area (Å²) in [6.07, 6.45) is 10.5. The summed E-state index contributed by atoms with van der Waals surface area (Å²) in [6, 6.07) is 0. The summed E-state index contributed by atoms with van der Waals surface area (Å²) in [5, 5.41) is 3.45. The van der Waals surface area contributed by atoms with Crippen molar-refractivity contribution < 1.29 is 0 Å². The van der Waals surface area contributed by atoms with Gasteiger partial charge in [-0.25, -0.2) is 0 Å². The van der Waals surface area contributed by atoms with E-state index in [0.29, 0.717) is 10.6 Å². The predicted molar refractivity (Wildman–Crippen MR) is 62.8 cm³/mol. The van der Waals surface area contributed by atoms with Crippen LogP contribution in [-0.2, 0) is 0 Å². The van der Waals surface area contributed by atoms with Crippen LogP contribution in [-0.4, -0.2) is 30.0 Å². The number of allylic oxidation sites excluding steroid dienone is 1. The topological polar surface area (TPSA) is 12.0 Å². The fourth-order valence-corrected chi connectivity index (χ4v) is 2.62. The molecule has 1 fully saturated rings. The Kier molecular flexibility index (Phi) is 5.22. The molecule has 0 aromatic carbocycles. The van der Waals surface area contributed by atoms with Crippen molar-refractivity contribution in [3.63, 3.8) is 0 Å². The maximum absolute atomic E-state index is 5.52. The monoisotopic (exact) mass is 219 g/mol. The van der Waals surface area contributed by atoms with Gasteiger partial charge in [-0.1, -0.05) is 18.6 Å². The van der Waals surface area contributed by atoms with E-state index in [1.54, 1.807) is 0 Å². The van der Waals surface area contributed by atoms with E-state index in [-0.39, 0.29) is 0 Å². The Morgan fingerprint density at radius 1 is 1.46 bits per heavy atom. The molecule has 0 amide bonds. The molecular weight excluding hydrogens is 202 g/mol. The average molecular weight is 220 g/mol. The van der Waals surface area contributed by atoms with Crippen LogP contribution in [0, 0.1) is 0 Å². The first-order valence-corrected chi connectivity index (χ1v) is 6.56. The van der Waals surface area contributed by atoms with Gasteiger partial charge in [0.15, 0.2) is 0 Å². The highest BCUT2D eigenvalue weighted by molar-refractivity contribution is 8.00. The number of rotatable bonds is 6. The summed E-state index contributed by atoms with van der Waals surface area (Å²) in [5.74, 6) is 0.620. The molecule has 1 rings (SSSR count). The molecule has 3 heteroatoms. The Morgan fingerprint density at radius 3 is 2.69 bits per heavy atom. The Labute approximate surface area is 90.3 Å². The molecule has 1 aliphatic carbocycles. The highest BCUT2D eigenvalue weighted by atomic mass is 35.5. The van der Waals surface area contributed by atoms with Crippen LogP contribution in [0.2, 0.25) is 0 Å². The average Bonchev–Trinajstić information content (AvgIpc) is 2.09. The number of hydrogen-bond acceptors (Lipinski definition) is 2. The van der Waals surface area contributed by atoms with Gasteiger partial charge in [0.05, 0.1) is 0 Å². The Morgan fingerprint density at radius 2 is 2.23 bits per heavy atom. The molecule has 0 saturated heterocycles. The van der Waals surface area contributed by atoms with Crippen molar-refractivity contribution in [2.75, 3.05) is 25.2 Å². The zero-order valence-corrected chi connectivity index (χ0v) is 9.76. The maximum atomic E-state index is 5.52. The molecule has 0 aromatic rings. The normalized spacial score (nSPS) is 20.5. The maximum Gasteiger partial charge on any atom is 0.0404 e. The summed E-state index contributed by atoms with van der Waals surface area (Å²) >= 11 is 7.53. The van der Waals surface area contributed by atoms with Crippen LogP contribution in [0.4, 0.5) is 0 Å². The minimum Gasteiger partial charge on any atom is -0.312 e. The first-order chi connectivity index (χ1) is 6.33. The predicted octanol–water partition coefficient (Wildman–Crippen LogP) is 2.66. The molecule has 1 nitrogen and oxygen atoms in total. The Bertz CT molecular complexity index is 161. The quantitative estimate of drug-likeness (QED) is 0.419. The van der Waals surface area contributed by atoms with Crippen molar-refractivity contribution in [2.24, 2.45) is 0 Å². The van der Waals surface area contributed by atoms with E-state index in [2.05, 4.69) is 17.6 Å². The molecule has 0 aromatic heterocycles. The summed E-state index contributed by atoms with van der Waals surface area (Å²) < 4.78 is 0.550. The van der Waals surface area contributed by atoms with Crippen molar-refractivity contribution in [1.29, 1.82) is 0 Å². The molecule has 13 heavy (non-hydrogen) atoms. The zero-order chi connectivity index (χ0) is 9.57. The number of alkyl halides is 1. The van der Waals surface area contributed by atoms with Crippen LogP contribution in [0.1, 0.15) is 19.3 Å². The second-order valence-corrected chi connectivity index (χ2v) is 5.08. The smallest absolute Gasteiger partial charge is 0.0404 e. The first-order valence-electron chi connectivity index (χ1n) is 4.80. The van der Waals surface area contributed by atoms with Gasteiger partial charge in [0, 0.05) is 23.7 Å². The van der Waals surface area contributed by atoms with E-state index >= 15 is 0 Å². The van der Waals surface area contributed by atoms with Crippen LogP contribution < -0.4 is 5.32 Å². The van der Waals surface area contributed by atoms with Crippen LogP contribution in [0.5, 0.6) is 0 Å². The van der Waals surface area contributed by atoms with E-state index in [1.165, 1.54) is 19.3 Å². The summed E-state index contributed by atoms with van der Waals surface area (Å²) in [6.45, 7) is 2.09. The third kappa shape index (κ3) is 3.53. The molecule has 0 spiro atoms. The van der Waals surface area contributed by atoms with Gasteiger partial charge >= 0.3 is 0 Å². The zero-order valence-electron chi connectivity index (χ0n) is 8.18. The number of hydrogen-bond donors (Lipinski definition) is 1. The van der Waals surface area contributed by atoms with Gasteiger partial charge in [-0.15, -0.1) is 11.6 Å². The fraction of sp³-hybridized carbons (Fsp3) is 0.800. The summed E-state index contributed by atoms with van der Waals surface area (Å²) in [5.41, 5.74) is 0. The van der Waals surface area contributed by atoms with Gasteiger partial charge in [-0.05, 0) is 19.1 Å². The standard InChI is InChI=1S/C10H18ClNS/c1-13-10(5-4-6-10)9-12-8-3-2-7-11/h2-3,12H,4-9H2,1H3/b3-2+. The van der Waals surface area contributed by atoms with Crippen LogP contribution in [0.25, 0.3) is 0 Å². The van der Waals surface area contributed by atoms with E-state index in [4.69, 9.17) is 11.6 Å². The lowest BCUT2D eigenvalue weighted by Gasteiger charge is -2.40. The molecular formula is C10H18ClNS. The SMILES string of the molecule is CSC1(CNC/C=C/CCl)CCC1. The number of thioether (sulfide) groups is 1. The molecule has 0 atom stereocenters. The third-order valence-electron chi connectivity index (χ3n) is 2.66. The molecule has 0 aliphatic heterocycles. The molecule has 76 valence electrons. The molecule has 0 bridgehead atoms. The highest BCUT2D eigenvalue weighted by Gasteiger charge is 2.35. The lowest BCUT2D eigenvalue weighted by atomic mass is 9.84. The summed E-state index contributed by atoms with van der Waals surface area (Å²) in [4.78, 5) is 0. The Hall–Kier alpha value is 0.340. The minimum atomic E-state index is 0.550. The van der Waals surface area contributed by atoms with Crippen molar-refractivity contribution in [2.45, 2.75) is 24.0 Å². The second-order valence-electron chi connectivity index (χ2n) is 3.50.